The van der Waals surface area contributed by atoms with Crippen molar-refractivity contribution in [2.45, 2.75) is 12.8 Å². The van der Waals surface area contributed by atoms with E-state index in [0.29, 0.717) is 5.92 Å². The van der Waals surface area contributed by atoms with Crippen LogP contribution in [0.4, 0.5) is 0 Å². The average Bonchev–Trinajstić information content (AvgIpc) is 2.53. The van der Waals surface area contributed by atoms with Gasteiger partial charge in [0.25, 0.3) is 0 Å². The Morgan fingerprint density at radius 1 is 1.75 bits per heavy atom. The molecule has 0 radical (unpaired) electrons. The maximum absolute atomic E-state index is 10.1. The summed E-state index contributed by atoms with van der Waals surface area (Å²) in [6.45, 7) is 0.0359. The summed E-state index contributed by atoms with van der Waals surface area (Å²) in [5.41, 5.74) is 0. The molecule has 0 saturated heterocycles. The van der Waals surface area contributed by atoms with Gasteiger partial charge in [0.2, 0.25) is 0 Å². The molecule has 0 aromatic carbocycles. The summed E-state index contributed by atoms with van der Waals surface area (Å²) in [4.78, 5) is 10.1. The van der Waals surface area contributed by atoms with Crippen LogP contribution in [0.2, 0.25) is 0 Å². The Kier molecular flexibility index (Phi) is 1.63. The van der Waals surface area contributed by atoms with Crippen molar-refractivity contribution in [3.63, 3.8) is 0 Å². The van der Waals surface area contributed by atoms with Crippen molar-refractivity contribution >= 4 is 6.29 Å². The highest BCUT2D eigenvalue weighted by Gasteiger charge is 2.29. The van der Waals surface area contributed by atoms with E-state index in [1.54, 1.807) is 0 Å². The third-order valence-corrected chi connectivity index (χ3v) is 1.61. The molecule has 0 bridgehead atoms. The largest absolute Gasteiger partial charge is 0.396 e. The van der Waals surface area contributed by atoms with E-state index in [1.807, 2.05) is 0 Å². The Balaban J connectivity index is 2.25. The predicted octanol–water partition coefficient (Wildman–Crippen LogP) is 0.204. The maximum atomic E-state index is 10.1. The maximum Gasteiger partial charge on any atom is 0.125 e. The van der Waals surface area contributed by atoms with Crippen LogP contribution in [-0.2, 0) is 4.79 Å². The van der Waals surface area contributed by atoms with Crippen molar-refractivity contribution in [2.75, 3.05) is 6.61 Å². The van der Waals surface area contributed by atoms with Gasteiger partial charge in [0.15, 0.2) is 0 Å². The molecule has 8 heavy (non-hydrogen) atoms. The Morgan fingerprint density at radius 2 is 2.38 bits per heavy atom. The zero-order valence-corrected chi connectivity index (χ0v) is 4.71. The molecule has 0 aromatic heterocycles. The topological polar surface area (TPSA) is 37.3 Å². The number of rotatable bonds is 3. The quantitative estimate of drug-likeness (QED) is 0.532. The summed E-state index contributed by atoms with van der Waals surface area (Å²) in [6.07, 6.45) is 3.12. The third-order valence-electron chi connectivity index (χ3n) is 1.61. The number of aliphatic hydroxyl groups excluding tert-OH is 1. The molecule has 46 valence electrons. The molecule has 0 aromatic rings. The van der Waals surface area contributed by atoms with Crippen LogP contribution in [0.3, 0.4) is 0 Å². The Labute approximate surface area is 48.5 Å². The second-order valence-corrected chi connectivity index (χ2v) is 2.32. The first-order chi connectivity index (χ1) is 3.88. The number of carbonyl (C=O) groups excluding carboxylic acids is 1. The van der Waals surface area contributed by atoms with E-state index in [0.717, 1.165) is 19.1 Å². The van der Waals surface area contributed by atoms with Crippen molar-refractivity contribution in [3.8, 4) is 0 Å². The molecular formula is C6H10O2. The minimum Gasteiger partial charge on any atom is -0.396 e. The van der Waals surface area contributed by atoms with E-state index in [9.17, 15) is 4.79 Å². The molecule has 0 aliphatic heterocycles. The summed E-state index contributed by atoms with van der Waals surface area (Å²) in [6, 6.07) is 0. The molecule has 1 aliphatic rings. The van der Waals surface area contributed by atoms with Crippen LogP contribution in [0.5, 0.6) is 0 Å². The Morgan fingerprint density at radius 3 is 2.50 bits per heavy atom. The smallest absolute Gasteiger partial charge is 0.125 e. The molecular weight excluding hydrogens is 104 g/mol. The van der Waals surface area contributed by atoms with E-state index in [1.165, 1.54) is 0 Å². The monoisotopic (exact) mass is 114 g/mol. The molecule has 1 atom stereocenters. The number of carbonyl (C=O) groups is 1. The van der Waals surface area contributed by atoms with Gasteiger partial charge in [-0.05, 0) is 18.8 Å². The van der Waals surface area contributed by atoms with Crippen molar-refractivity contribution < 1.29 is 9.90 Å². The van der Waals surface area contributed by atoms with Crippen molar-refractivity contribution in [3.05, 3.63) is 0 Å². The minimum atomic E-state index is -0.0602. The highest BCUT2D eigenvalue weighted by atomic mass is 16.3. The number of aldehydes is 1. The molecule has 0 heterocycles. The van der Waals surface area contributed by atoms with Gasteiger partial charge in [0, 0.05) is 5.92 Å². The highest BCUT2D eigenvalue weighted by Crippen LogP contribution is 2.35. The zero-order chi connectivity index (χ0) is 5.98. The molecule has 2 nitrogen and oxygen atoms in total. The first kappa shape index (κ1) is 5.76. The number of hydrogen-bond acceptors (Lipinski definition) is 2. The first-order valence-corrected chi connectivity index (χ1v) is 2.94. The van der Waals surface area contributed by atoms with Gasteiger partial charge in [-0.15, -0.1) is 0 Å². The highest BCUT2D eigenvalue weighted by molar-refractivity contribution is 5.54. The van der Waals surface area contributed by atoms with Crippen LogP contribution in [0.15, 0.2) is 0 Å². The van der Waals surface area contributed by atoms with Crippen molar-refractivity contribution in [1.29, 1.82) is 0 Å². The Hall–Kier alpha value is -0.370. The fourth-order valence-electron chi connectivity index (χ4n) is 0.828. The summed E-state index contributed by atoms with van der Waals surface area (Å²) >= 11 is 0. The lowest BCUT2D eigenvalue weighted by atomic mass is 10.1. The van der Waals surface area contributed by atoms with E-state index in [4.69, 9.17) is 5.11 Å². The normalized spacial score (nSPS) is 22.6. The third kappa shape index (κ3) is 1.07. The molecule has 1 N–H and O–H groups in total. The van der Waals surface area contributed by atoms with Crippen LogP contribution >= 0.6 is 0 Å². The average molecular weight is 114 g/mol. The lowest BCUT2D eigenvalue weighted by Crippen LogP contribution is -2.08. The molecule has 0 spiro atoms. The molecule has 1 unspecified atom stereocenters. The van der Waals surface area contributed by atoms with Crippen LogP contribution in [-0.4, -0.2) is 18.0 Å². The molecule has 1 rings (SSSR count). The SMILES string of the molecule is O=CC(CO)C1CC1. The van der Waals surface area contributed by atoms with Gasteiger partial charge >= 0.3 is 0 Å². The second-order valence-electron chi connectivity index (χ2n) is 2.32. The van der Waals surface area contributed by atoms with E-state index in [2.05, 4.69) is 0 Å². The van der Waals surface area contributed by atoms with Gasteiger partial charge < -0.3 is 9.90 Å². The summed E-state index contributed by atoms with van der Waals surface area (Å²) in [7, 11) is 0. The standard InChI is InChI=1S/C6H10O2/c7-3-6(4-8)5-1-2-5/h3,5-6,8H,1-2,4H2. The van der Waals surface area contributed by atoms with Crippen LogP contribution in [0.1, 0.15) is 12.8 Å². The molecule has 1 fully saturated rings. The first-order valence-electron chi connectivity index (χ1n) is 2.94. The van der Waals surface area contributed by atoms with Crippen LogP contribution < -0.4 is 0 Å². The van der Waals surface area contributed by atoms with Gasteiger partial charge in [-0.2, -0.15) is 0 Å². The zero-order valence-electron chi connectivity index (χ0n) is 4.71. The van der Waals surface area contributed by atoms with Crippen molar-refractivity contribution in [1.82, 2.24) is 0 Å². The van der Waals surface area contributed by atoms with Gasteiger partial charge in [-0.1, -0.05) is 0 Å². The van der Waals surface area contributed by atoms with Gasteiger partial charge in [0.1, 0.15) is 6.29 Å². The lowest BCUT2D eigenvalue weighted by molar-refractivity contribution is -0.112. The van der Waals surface area contributed by atoms with Gasteiger partial charge in [-0.3, -0.25) is 0 Å². The molecule has 1 aliphatic carbocycles. The summed E-state index contributed by atoms with van der Waals surface area (Å²) < 4.78 is 0. The van der Waals surface area contributed by atoms with E-state index in [-0.39, 0.29) is 12.5 Å². The van der Waals surface area contributed by atoms with Crippen LogP contribution in [0.25, 0.3) is 0 Å². The fraction of sp³-hybridized carbons (Fsp3) is 0.833. The Bertz CT molecular complexity index is 86.5. The van der Waals surface area contributed by atoms with Crippen molar-refractivity contribution in [2.24, 2.45) is 11.8 Å². The minimum absolute atomic E-state index is 0.0359. The van der Waals surface area contributed by atoms with Gasteiger partial charge in [-0.25, -0.2) is 0 Å². The molecule has 0 amide bonds. The van der Waals surface area contributed by atoms with Crippen LogP contribution in [0, 0.1) is 11.8 Å². The molecule has 1 saturated carbocycles. The molecule has 2 heteroatoms. The number of aliphatic hydroxyl groups is 1. The lowest BCUT2D eigenvalue weighted by Gasteiger charge is -1.99. The fourth-order valence-corrected chi connectivity index (χ4v) is 0.828. The number of hydrogen-bond donors (Lipinski definition) is 1. The predicted molar refractivity (Wildman–Crippen MR) is 29.4 cm³/mol. The van der Waals surface area contributed by atoms with E-state index >= 15 is 0 Å². The summed E-state index contributed by atoms with van der Waals surface area (Å²) in [5, 5.41) is 8.51. The van der Waals surface area contributed by atoms with Gasteiger partial charge in [0.05, 0.1) is 6.61 Å². The second kappa shape index (κ2) is 2.27. The van der Waals surface area contributed by atoms with E-state index < -0.39 is 0 Å². The summed E-state index contributed by atoms with van der Waals surface area (Å²) in [5.74, 6) is 0.451.